The van der Waals surface area contributed by atoms with E-state index in [2.05, 4.69) is 0 Å². The van der Waals surface area contributed by atoms with E-state index in [0.29, 0.717) is 12.2 Å². The van der Waals surface area contributed by atoms with Gasteiger partial charge in [-0.1, -0.05) is 6.07 Å². The fraction of sp³-hybridized carbons (Fsp3) is 0.222. The fourth-order valence-corrected chi connectivity index (χ4v) is 1.22. The first-order valence-electron chi connectivity index (χ1n) is 3.65. The smallest absolute Gasteiger partial charge is 0.338 e. The monoisotopic (exact) mass is 164 g/mol. The highest BCUT2D eigenvalue weighted by Gasteiger charge is 2.16. The number of esters is 1. The number of fused-ring (bicyclic) bond motifs is 4. The van der Waals surface area contributed by atoms with E-state index < -0.39 is 0 Å². The topological polar surface area (TPSA) is 35.5 Å². The van der Waals surface area contributed by atoms with Gasteiger partial charge >= 0.3 is 5.97 Å². The number of hydrogen-bond donors (Lipinski definition) is 0. The molecule has 2 bridgehead atoms. The zero-order valence-corrected chi connectivity index (χ0v) is 6.66. The van der Waals surface area contributed by atoms with Gasteiger partial charge in [0.25, 0.3) is 0 Å². The van der Waals surface area contributed by atoms with Gasteiger partial charge in [0, 0.05) is 5.56 Å². The molecule has 0 radical (unpaired) electrons. The van der Waals surface area contributed by atoms with E-state index >= 15 is 0 Å². The van der Waals surface area contributed by atoms with Gasteiger partial charge in [-0.15, -0.1) is 0 Å². The van der Waals surface area contributed by atoms with Crippen LogP contribution in [0, 0.1) is 0 Å². The highest BCUT2D eigenvalue weighted by Crippen LogP contribution is 2.25. The van der Waals surface area contributed by atoms with E-state index in [-0.39, 0.29) is 5.97 Å². The summed E-state index contributed by atoms with van der Waals surface area (Å²) in [6, 6.07) is 5.29. The maximum absolute atomic E-state index is 11.1. The standard InChI is InChI=1S/C9H8O3/c1-11-8-4-6-2-3-7(8)5-12-9(6)10/h2-4H,5H2,1H3. The molecule has 3 rings (SSSR count). The van der Waals surface area contributed by atoms with Crippen molar-refractivity contribution in [3.05, 3.63) is 29.3 Å². The molecule has 3 heteroatoms. The van der Waals surface area contributed by atoms with E-state index in [4.69, 9.17) is 9.47 Å². The van der Waals surface area contributed by atoms with Crippen molar-refractivity contribution in [3.63, 3.8) is 0 Å². The lowest BCUT2D eigenvalue weighted by Crippen LogP contribution is -1.99. The summed E-state index contributed by atoms with van der Waals surface area (Å²) in [7, 11) is 1.58. The van der Waals surface area contributed by atoms with E-state index in [0.717, 1.165) is 11.3 Å². The highest BCUT2D eigenvalue weighted by atomic mass is 16.5. The predicted molar refractivity (Wildman–Crippen MR) is 42.1 cm³/mol. The number of carbonyl (C=O) groups excluding carboxylic acids is 1. The first kappa shape index (κ1) is 7.16. The van der Waals surface area contributed by atoms with Gasteiger partial charge < -0.3 is 9.47 Å². The molecule has 1 aromatic carbocycles. The van der Waals surface area contributed by atoms with Crippen molar-refractivity contribution in [1.29, 1.82) is 0 Å². The van der Waals surface area contributed by atoms with Crippen LogP contribution in [-0.4, -0.2) is 13.1 Å². The number of ether oxygens (including phenoxy) is 2. The Morgan fingerprint density at radius 2 is 2.33 bits per heavy atom. The Hall–Kier alpha value is -1.51. The molecule has 3 nitrogen and oxygen atoms in total. The lowest BCUT2D eigenvalue weighted by molar-refractivity contribution is 0.0480. The molecule has 0 amide bonds. The molecule has 0 N–H and O–H groups in total. The summed E-state index contributed by atoms with van der Waals surface area (Å²) in [5.41, 5.74) is 1.46. The molecule has 0 unspecified atom stereocenters. The number of methoxy groups -OCH3 is 1. The summed E-state index contributed by atoms with van der Waals surface area (Å²) in [5.74, 6) is 0.437. The van der Waals surface area contributed by atoms with Crippen LogP contribution in [0.25, 0.3) is 0 Å². The Kier molecular flexibility index (Phi) is 1.50. The summed E-state index contributed by atoms with van der Waals surface area (Å²) in [5, 5.41) is 0. The molecule has 0 aliphatic carbocycles. The normalized spacial score (nSPS) is 13.9. The Morgan fingerprint density at radius 3 is 3.08 bits per heavy atom. The molecule has 0 saturated heterocycles. The Balaban J connectivity index is 2.56. The Morgan fingerprint density at radius 1 is 1.50 bits per heavy atom. The third-order valence-corrected chi connectivity index (χ3v) is 1.88. The summed E-state index contributed by atoms with van der Waals surface area (Å²) in [4.78, 5) is 11.1. The number of rotatable bonds is 1. The van der Waals surface area contributed by atoms with Gasteiger partial charge in [0.05, 0.1) is 12.7 Å². The third kappa shape index (κ3) is 0.942. The van der Waals surface area contributed by atoms with Crippen LogP contribution in [0.15, 0.2) is 18.2 Å². The highest BCUT2D eigenvalue weighted by molar-refractivity contribution is 5.90. The Labute approximate surface area is 69.9 Å². The van der Waals surface area contributed by atoms with Crippen LogP contribution < -0.4 is 4.74 Å². The lowest BCUT2D eigenvalue weighted by Gasteiger charge is -2.02. The zero-order valence-electron chi connectivity index (χ0n) is 6.66. The largest absolute Gasteiger partial charge is 0.496 e. The maximum Gasteiger partial charge on any atom is 0.338 e. The van der Waals surface area contributed by atoms with Crippen LogP contribution in [0.1, 0.15) is 15.9 Å². The predicted octanol–water partition coefficient (Wildman–Crippen LogP) is 1.37. The van der Waals surface area contributed by atoms with Crippen LogP contribution in [0.4, 0.5) is 0 Å². The molecule has 0 atom stereocenters. The second kappa shape index (κ2) is 2.52. The minimum absolute atomic E-state index is 0.284. The second-order valence-electron chi connectivity index (χ2n) is 2.60. The van der Waals surface area contributed by atoms with E-state index in [1.807, 2.05) is 6.07 Å². The summed E-state index contributed by atoms with van der Waals surface area (Å²) in [6.07, 6.45) is 0. The molecule has 0 saturated carbocycles. The van der Waals surface area contributed by atoms with Crippen LogP contribution >= 0.6 is 0 Å². The minimum atomic E-state index is -0.284. The maximum atomic E-state index is 11.1. The van der Waals surface area contributed by atoms with Gasteiger partial charge in [0.2, 0.25) is 0 Å². The molecule has 62 valence electrons. The van der Waals surface area contributed by atoms with E-state index in [9.17, 15) is 4.79 Å². The lowest BCUT2D eigenvalue weighted by atomic mass is 10.1. The van der Waals surface area contributed by atoms with Gasteiger partial charge in [0.15, 0.2) is 0 Å². The van der Waals surface area contributed by atoms with Crippen LogP contribution in [0.3, 0.4) is 0 Å². The number of benzene rings is 1. The molecule has 2 aliphatic heterocycles. The van der Waals surface area contributed by atoms with Crippen molar-refractivity contribution in [2.75, 3.05) is 7.11 Å². The quantitative estimate of drug-likeness (QED) is 0.588. The van der Waals surface area contributed by atoms with Crippen molar-refractivity contribution < 1.29 is 14.3 Å². The second-order valence-corrected chi connectivity index (χ2v) is 2.60. The van der Waals surface area contributed by atoms with Gasteiger partial charge in [0.1, 0.15) is 12.4 Å². The van der Waals surface area contributed by atoms with Crippen molar-refractivity contribution in [2.24, 2.45) is 0 Å². The zero-order chi connectivity index (χ0) is 8.55. The molecule has 2 aliphatic rings. The fourth-order valence-electron chi connectivity index (χ4n) is 1.22. The average molecular weight is 164 g/mol. The van der Waals surface area contributed by atoms with Crippen molar-refractivity contribution in [1.82, 2.24) is 0 Å². The van der Waals surface area contributed by atoms with Gasteiger partial charge in [-0.3, -0.25) is 0 Å². The molecule has 12 heavy (non-hydrogen) atoms. The van der Waals surface area contributed by atoms with E-state index in [1.165, 1.54) is 0 Å². The van der Waals surface area contributed by atoms with Gasteiger partial charge in [-0.2, -0.15) is 0 Å². The van der Waals surface area contributed by atoms with Crippen LogP contribution in [-0.2, 0) is 11.3 Å². The summed E-state index contributed by atoms with van der Waals surface area (Å²) in [6.45, 7) is 0.304. The first-order chi connectivity index (χ1) is 5.81. The van der Waals surface area contributed by atoms with Crippen molar-refractivity contribution in [2.45, 2.75) is 6.61 Å². The first-order valence-corrected chi connectivity index (χ1v) is 3.65. The summed E-state index contributed by atoms with van der Waals surface area (Å²) >= 11 is 0. The minimum Gasteiger partial charge on any atom is -0.496 e. The Bertz CT molecular complexity index is 331. The molecule has 0 fully saturated rings. The average Bonchev–Trinajstić information content (AvgIpc) is 2.37. The molecule has 1 aromatic rings. The van der Waals surface area contributed by atoms with Gasteiger partial charge in [-0.25, -0.2) is 4.79 Å². The van der Waals surface area contributed by atoms with Crippen LogP contribution in [0.5, 0.6) is 5.75 Å². The molecule has 0 aromatic heterocycles. The van der Waals surface area contributed by atoms with Crippen molar-refractivity contribution in [3.8, 4) is 5.75 Å². The van der Waals surface area contributed by atoms with E-state index in [1.54, 1.807) is 19.2 Å². The molecular formula is C9H8O3. The van der Waals surface area contributed by atoms with Crippen molar-refractivity contribution >= 4 is 5.97 Å². The summed E-state index contributed by atoms with van der Waals surface area (Å²) < 4.78 is 9.99. The van der Waals surface area contributed by atoms with Crippen LogP contribution in [0.2, 0.25) is 0 Å². The third-order valence-electron chi connectivity index (χ3n) is 1.88. The molecule has 2 heterocycles. The molecular weight excluding hydrogens is 156 g/mol. The number of hydrogen-bond acceptors (Lipinski definition) is 3. The SMILES string of the molecule is COc1cc2ccc1COC2=O. The molecule has 0 spiro atoms. The number of carbonyl (C=O) groups is 1. The van der Waals surface area contributed by atoms with Gasteiger partial charge in [-0.05, 0) is 12.1 Å².